The van der Waals surface area contributed by atoms with Gasteiger partial charge in [0.15, 0.2) is 17.2 Å². The molecule has 0 atom stereocenters. The van der Waals surface area contributed by atoms with Crippen LogP contribution in [0.4, 0.5) is 11.5 Å². The van der Waals surface area contributed by atoms with Crippen LogP contribution in [-0.2, 0) is 6.54 Å². The molecule has 1 saturated heterocycles. The molecule has 0 spiro atoms. The molecule has 236 valence electrons. The number of rotatable bonds is 8. The van der Waals surface area contributed by atoms with Gasteiger partial charge in [-0.3, -0.25) is 19.1 Å². The van der Waals surface area contributed by atoms with E-state index in [1.165, 1.54) is 5.56 Å². The number of nitrogens with two attached hydrogens (primary N) is 1. The molecular formula is C37H35N7O3. The van der Waals surface area contributed by atoms with E-state index in [4.69, 9.17) is 20.4 Å². The maximum Gasteiger partial charge on any atom is 0.272 e. The van der Waals surface area contributed by atoms with Gasteiger partial charge in [0.2, 0.25) is 0 Å². The average Bonchev–Trinajstić information content (AvgIpc) is 3.77. The smallest absolute Gasteiger partial charge is 0.272 e. The normalized spacial score (nSPS) is 16.0. The third-order valence-corrected chi connectivity index (χ3v) is 9.37. The molecule has 0 bridgehead atoms. The molecule has 0 amide bonds. The Morgan fingerprint density at radius 3 is 2.32 bits per heavy atom. The van der Waals surface area contributed by atoms with Gasteiger partial charge in [0.05, 0.1) is 17.4 Å². The van der Waals surface area contributed by atoms with Crippen molar-refractivity contribution in [2.45, 2.75) is 38.3 Å². The van der Waals surface area contributed by atoms with Gasteiger partial charge in [0, 0.05) is 50.2 Å². The monoisotopic (exact) mass is 625 g/mol. The van der Waals surface area contributed by atoms with E-state index in [0.29, 0.717) is 30.4 Å². The Bertz CT molecular complexity index is 2120. The topological polar surface area (TPSA) is 119 Å². The lowest BCUT2D eigenvalue weighted by atomic mass is 10.1. The van der Waals surface area contributed by atoms with E-state index in [2.05, 4.69) is 34.1 Å². The van der Waals surface area contributed by atoms with Crippen LogP contribution in [0.15, 0.2) is 94.6 Å². The van der Waals surface area contributed by atoms with Gasteiger partial charge in [-0.2, -0.15) is 0 Å². The summed E-state index contributed by atoms with van der Waals surface area (Å²) in [6, 6.07) is 26.3. The lowest BCUT2D eigenvalue weighted by Gasteiger charge is -2.37. The van der Waals surface area contributed by atoms with Crippen LogP contribution in [0, 0.1) is 0 Å². The molecule has 3 aromatic heterocycles. The number of ether oxygens (including phenoxy) is 1. The Balaban J connectivity index is 1.03. The summed E-state index contributed by atoms with van der Waals surface area (Å²) in [5, 5.41) is 0. The molecule has 2 fully saturated rings. The molecule has 1 aliphatic heterocycles. The van der Waals surface area contributed by atoms with E-state index in [0.717, 1.165) is 79.0 Å². The van der Waals surface area contributed by atoms with Crippen molar-refractivity contribution in [3.05, 3.63) is 111 Å². The number of nitrogen functional groups attached to an aromatic ring is 1. The highest BCUT2D eigenvalue weighted by Gasteiger charge is 2.32. The maximum atomic E-state index is 12.5. The zero-order valence-electron chi connectivity index (χ0n) is 26.0. The lowest BCUT2D eigenvalue weighted by Crippen LogP contribution is -2.51. The summed E-state index contributed by atoms with van der Waals surface area (Å²) >= 11 is 0. The third kappa shape index (κ3) is 5.44. The van der Waals surface area contributed by atoms with E-state index in [9.17, 15) is 9.59 Å². The van der Waals surface area contributed by atoms with Crippen LogP contribution in [0.3, 0.4) is 0 Å². The molecule has 2 N–H and O–H groups in total. The first-order valence-electron chi connectivity index (χ1n) is 16.3. The summed E-state index contributed by atoms with van der Waals surface area (Å²) in [6.45, 7) is 3.69. The molecule has 1 saturated carbocycles. The van der Waals surface area contributed by atoms with Gasteiger partial charge in [-0.25, -0.2) is 15.0 Å². The van der Waals surface area contributed by atoms with Crippen LogP contribution >= 0.6 is 0 Å². The summed E-state index contributed by atoms with van der Waals surface area (Å²) in [5.74, 6) is 1.38. The van der Waals surface area contributed by atoms with Crippen molar-refractivity contribution in [3.63, 3.8) is 0 Å². The van der Waals surface area contributed by atoms with Crippen molar-refractivity contribution >= 4 is 22.7 Å². The van der Waals surface area contributed by atoms with Gasteiger partial charge in [-0.05, 0) is 67.6 Å². The predicted molar refractivity (Wildman–Crippen MR) is 184 cm³/mol. The van der Waals surface area contributed by atoms with Crippen molar-refractivity contribution in [2.24, 2.45) is 0 Å². The Kier molecular flexibility index (Phi) is 7.49. The highest BCUT2D eigenvalue weighted by Crippen LogP contribution is 2.33. The fourth-order valence-electron chi connectivity index (χ4n) is 6.83. The molecule has 0 unspecified atom stereocenters. The first-order chi connectivity index (χ1) is 23.0. The summed E-state index contributed by atoms with van der Waals surface area (Å²) in [5.41, 5.74) is 12.2. The highest BCUT2D eigenvalue weighted by atomic mass is 16.5. The highest BCUT2D eigenvalue weighted by molar-refractivity contribution is 5.84. The van der Waals surface area contributed by atoms with E-state index >= 15 is 0 Å². The predicted octanol–water partition coefficient (Wildman–Crippen LogP) is 4.97. The van der Waals surface area contributed by atoms with E-state index in [1.54, 1.807) is 6.20 Å². The maximum absolute atomic E-state index is 12.5. The number of imidazole rings is 1. The Hall–Kier alpha value is -5.35. The minimum absolute atomic E-state index is 0.0566. The Morgan fingerprint density at radius 1 is 0.809 bits per heavy atom. The second-order valence-electron chi connectivity index (χ2n) is 12.4. The van der Waals surface area contributed by atoms with Crippen LogP contribution in [0.2, 0.25) is 0 Å². The Morgan fingerprint density at radius 2 is 1.57 bits per heavy atom. The van der Waals surface area contributed by atoms with Crippen molar-refractivity contribution in [2.75, 3.05) is 36.8 Å². The standard InChI is InChI=1S/C37H35N7O3/c38-35-28(11-6-18-39-35)36-41-30-17-16-29(25-7-2-1-3-8-25)40-37(30)44(36)26-14-12-24(13-15-26)23-42-19-21-43(22-20-42)31-32(45)33(46)34(31)47-27-9-4-5-10-27/h1-3,6-8,11-18,27H,4-5,9-10,19-23H2,(H2,38,39). The zero-order valence-corrected chi connectivity index (χ0v) is 26.0. The molecule has 8 rings (SSSR count). The molecule has 1 aliphatic carbocycles. The lowest BCUT2D eigenvalue weighted by molar-refractivity contribution is 0.203. The van der Waals surface area contributed by atoms with Gasteiger partial charge in [-0.15, -0.1) is 0 Å². The quantitative estimate of drug-likeness (QED) is 0.234. The van der Waals surface area contributed by atoms with Gasteiger partial charge in [0.1, 0.15) is 17.0 Å². The summed E-state index contributed by atoms with van der Waals surface area (Å²) in [7, 11) is 0. The van der Waals surface area contributed by atoms with Crippen molar-refractivity contribution in [1.29, 1.82) is 0 Å². The number of pyridine rings is 2. The van der Waals surface area contributed by atoms with Crippen LogP contribution in [-0.4, -0.2) is 56.7 Å². The molecule has 2 aliphatic rings. The van der Waals surface area contributed by atoms with Gasteiger partial charge in [0.25, 0.3) is 10.9 Å². The summed E-state index contributed by atoms with van der Waals surface area (Å²) < 4.78 is 8.04. The number of piperazine rings is 1. The van der Waals surface area contributed by atoms with Crippen LogP contribution < -0.4 is 26.2 Å². The third-order valence-electron chi connectivity index (χ3n) is 9.37. The number of nitrogens with zero attached hydrogens (tertiary/aromatic N) is 6. The fraction of sp³-hybridized carbons (Fsp3) is 0.270. The van der Waals surface area contributed by atoms with Crippen LogP contribution in [0.5, 0.6) is 5.75 Å². The molecule has 0 radical (unpaired) electrons. The van der Waals surface area contributed by atoms with Gasteiger partial charge >= 0.3 is 0 Å². The van der Waals surface area contributed by atoms with Gasteiger partial charge < -0.3 is 15.4 Å². The van der Waals surface area contributed by atoms with Gasteiger partial charge in [-0.1, -0.05) is 42.5 Å². The summed E-state index contributed by atoms with van der Waals surface area (Å²) in [4.78, 5) is 43.5. The van der Waals surface area contributed by atoms with Crippen molar-refractivity contribution < 1.29 is 4.74 Å². The zero-order chi connectivity index (χ0) is 31.9. The van der Waals surface area contributed by atoms with Crippen LogP contribution in [0.25, 0.3) is 39.5 Å². The number of anilines is 2. The minimum Gasteiger partial charge on any atom is -0.484 e. The Labute approximate surface area is 271 Å². The molecule has 6 aromatic rings. The molecule has 3 aromatic carbocycles. The van der Waals surface area contributed by atoms with E-state index in [1.807, 2.05) is 64.1 Å². The average molecular weight is 626 g/mol. The molecule has 47 heavy (non-hydrogen) atoms. The largest absolute Gasteiger partial charge is 0.484 e. The second-order valence-corrected chi connectivity index (χ2v) is 12.4. The summed E-state index contributed by atoms with van der Waals surface area (Å²) in [6.07, 6.45) is 5.86. The number of hydrogen-bond acceptors (Lipinski definition) is 9. The second kappa shape index (κ2) is 12.1. The molecule has 10 nitrogen and oxygen atoms in total. The van der Waals surface area contributed by atoms with Crippen molar-refractivity contribution in [1.82, 2.24) is 24.4 Å². The molecule has 4 heterocycles. The minimum atomic E-state index is -0.471. The first-order valence-corrected chi connectivity index (χ1v) is 16.3. The fourth-order valence-corrected chi connectivity index (χ4v) is 6.83. The molecular weight excluding hydrogens is 590 g/mol. The first kappa shape index (κ1) is 29.1. The number of hydrogen-bond donors (Lipinski definition) is 1. The van der Waals surface area contributed by atoms with E-state index < -0.39 is 10.9 Å². The molecule has 10 heteroatoms. The number of benzene rings is 2. The van der Waals surface area contributed by atoms with E-state index in [-0.39, 0.29) is 11.9 Å². The number of fused-ring (bicyclic) bond motifs is 1. The SMILES string of the molecule is Nc1ncccc1-c1nc2ccc(-c3ccccc3)nc2n1-c1ccc(CN2CCN(c3c(OC4CCCC4)c(=O)c3=O)CC2)cc1. The van der Waals surface area contributed by atoms with Crippen molar-refractivity contribution in [3.8, 4) is 34.1 Å². The van der Waals surface area contributed by atoms with Crippen LogP contribution in [0.1, 0.15) is 31.2 Å². The number of aromatic nitrogens is 4.